The SMILES string of the molecule is CCc1[nH]nc2c1[C@@H](c1cccc(OC)c1OC)C(C#N)=C(N)O2. The molecule has 0 saturated heterocycles. The summed E-state index contributed by atoms with van der Waals surface area (Å²) in [6, 6.07) is 7.70. The highest BCUT2D eigenvalue weighted by molar-refractivity contribution is 5.60. The van der Waals surface area contributed by atoms with E-state index in [4.69, 9.17) is 19.9 Å². The average Bonchev–Trinajstić information content (AvgIpc) is 3.01. The minimum atomic E-state index is -0.433. The van der Waals surface area contributed by atoms with Crippen molar-refractivity contribution in [1.82, 2.24) is 10.2 Å². The fraction of sp³-hybridized carbons (Fsp3) is 0.294. The third-order valence-electron chi connectivity index (χ3n) is 4.12. The van der Waals surface area contributed by atoms with Gasteiger partial charge in [0.2, 0.25) is 11.8 Å². The second-order valence-corrected chi connectivity index (χ2v) is 5.28. The predicted octanol–water partition coefficient (Wildman–Crippen LogP) is 2.21. The zero-order valence-corrected chi connectivity index (χ0v) is 13.7. The number of ether oxygens (including phenoxy) is 3. The first-order chi connectivity index (χ1) is 11.7. The normalized spacial score (nSPS) is 16.2. The number of aromatic amines is 1. The van der Waals surface area contributed by atoms with E-state index in [-0.39, 0.29) is 5.88 Å². The van der Waals surface area contributed by atoms with Crippen LogP contribution in [0, 0.1) is 11.3 Å². The first-order valence-corrected chi connectivity index (χ1v) is 7.51. The minimum Gasteiger partial charge on any atom is -0.493 e. The molecule has 3 rings (SSSR count). The Labute approximate surface area is 139 Å². The summed E-state index contributed by atoms with van der Waals surface area (Å²) in [5.41, 5.74) is 8.74. The lowest BCUT2D eigenvalue weighted by Crippen LogP contribution is -2.21. The molecule has 0 amide bonds. The zero-order valence-electron chi connectivity index (χ0n) is 13.7. The van der Waals surface area contributed by atoms with Gasteiger partial charge in [0, 0.05) is 11.3 Å². The van der Waals surface area contributed by atoms with E-state index in [1.807, 2.05) is 19.1 Å². The number of nitrogens with zero attached hydrogens (tertiary/aromatic N) is 2. The molecule has 0 fully saturated rings. The Morgan fingerprint density at radius 3 is 2.79 bits per heavy atom. The third kappa shape index (κ3) is 2.24. The van der Waals surface area contributed by atoms with Crippen molar-refractivity contribution in [2.45, 2.75) is 19.3 Å². The first-order valence-electron chi connectivity index (χ1n) is 7.51. The number of hydrogen-bond donors (Lipinski definition) is 2. The van der Waals surface area contributed by atoms with Crippen LogP contribution in [0.25, 0.3) is 0 Å². The van der Waals surface area contributed by atoms with Crippen LogP contribution < -0.4 is 19.9 Å². The van der Waals surface area contributed by atoms with Gasteiger partial charge >= 0.3 is 0 Å². The van der Waals surface area contributed by atoms with Gasteiger partial charge in [-0.3, -0.25) is 5.10 Å². The maximum atomic E-state index is 9.64. The number of benzene rings is 1. The molecule has 1 aliphatic heterocycles. The van der Waals surface area contributed by atoms with Crippen LogP contribution in [0.2, 0.25) is 0 Å². The van der Waals surface area contributed by atoms with Crippen molar-refractivity contribution in [3.63, 3.8) is 0 Å². The lowest BCUT2D eigenvalue weighted by atomic mass is 9.83. The summed E-state index contributed by atoms with van der Waals surface area (Å²) < 4.78 is 16.4. The molecule has 0 saturated carbocycles. The quantitative estimate of drug-likeness (QED) is 0.892. The number of nitrogens with one attached hydrogen (secondary N) is 1. The molecule has 7 heteroatoms. The van der Waals surface area contributed by atoms with E-state index in [2.05, 4.69) is 16.3 Å². The van der Waals surface area contributed by atoms with Crippen LogP contribution in [0.1, 0.15) is 29.7 Å². The van der Waals surface area contributed by atoms with E-state index in [0.29, 0.717) is 29.4 Å². The van der Waals surface area contributed by atoms with E-state index < -0.39 is 5.92 Å². The van der Waals surface area contributed by atoms with Crippen molar-refractivity contribution in [3.8, 4) is 23.4 Å². The van der Waals surface area contributed by atoms with Gasteiger partial charge in [-0.05, 0) is 12.5 Å². The standard InChI is InChI=1S/C17H18N4O3/c1-4-11-14-13(9-6-5-7-12(22-2)15(9)23-3)10(8-18)16(19)24-17(14)21-20-11/h5-7,13H,4,19H2,1-3H3,(H,20,21)/t13-/m0/s1. The van der Waals surface area contributed by atoms with Crippen LogP contribution in [0.15, 0.2) is 29.7 Å². The number of aromatic nitrogens is 2. The molecule has 1 aliphatic rings. The molecule has 7 nitrogen and oxygen atoms in total. The van der Waals surface area contributed by atoms with Gasteiger partial charge in [0.25, 0.3) is 0 Å². The molecule has 1 atom stereocenters. The molecule has 1 aromatic heterocycles. The van der Waals surface area contributed by atoms with Gasteiger partial charge in [0.1, 0.15) is 11.6 Å². The summed E-state index contributed by atoms with van der Waals surface area (Å²) in [6.07, 6.45) is 0.715. The number of nitriles is 1. The van der Waals surface area contributed by atoms with Gasteiger partial charge in [0.15, 0.2) is 11.5 Å². The Kier molecular flexibility index (Phi) is 4.04. The number of para-hydroxylation sites is 1. The summed E-state index contributed by atoms with van der Waals surface area (Å²) in [6.45, 7) is 2.00. The van der Waals surface area contributed by atoms with E-state index in [1.165, 1.54) is 0 Å². The smallest absolute Gasteiger partial charge is 0.244 e. The topological polar surface area (TPSA) is 106 Å². The molecule has 24 heavy (non-hydrogen) atoms. The van der Waals surface area contributed by atoms with E-state index in [9.17, 15) is 5.26 Å². The fourth-order valence-corrected chi connectivity index (χ4v) is 3.03. The number of fused-ring (bicyclic) bond motifs is 1. The Hall–Kier alpha value is -3.14. The van der Waals surface area contributed by atoms with Gasteiger partial charge < -0.3 is 19.9 Å². The summed E-state index contributed by atoms with van der Waals surface area (Å²) >= 11 is 0. The summed E-state index contributed by atoms with van der Waals surface area (Å²) in [5, 5.41) is 16.8. The minimum absolute atomic E-state index is 0.0500. The first kappa shape index (κ1) is 15.7. The van der Waals surface area contributed by atoms with E-state index >= 15 is 0 Å². The summed E-state index contributed by atoms with van der Waals surface area (Å²) in [4.78, 5) is 0. The van der Waals surface area contributed by atoms with Crippen LogP contribution in [0.5, 0.6) is 17.4 Å². The second-order valence-electron chi connectivity index (χ2n) is 5.28. The van der Waals surface area contributed by atoms with Gasteiger partial charge in [0.05, 0.1) is 25.7 Å². The van der Waals surface area contributed by atoms with Crippen LogP contribution in [-0.4, -0.2) is 24.4 Å². The fourth-order valence-electron chi connectivity index (χ4n) is 3.03. The number of methoxy groups -OCH3 is 2. The molecule has 124 valence electrons. The number of allylic oxidation sites excluding steroid dienone is 1. The Balaban J connectivity index is 2.30. The lowest BCUT2D eigenvalue weighted by molar-refractivity contribution is 0.348. The van der Waals surface area contributed by atoms with Crippen molar-refractivity contribution in [3.05, 3.63) is 46.5 Å². The average molecular weight is 326 g/mol. The number of H-pyrrole nitrogens is 1. The molecule has 0 bridgehead atoms. The van der Waals surface area contributed by atoms with Crippen LogP contribution in [0.3, 0.4) is 0 Å². The van der Waals surface area contributed by atoms with Gasteiger partial charge in [-0.15, -0.1) is 5.10 Å². The molecule has 0 spiro atoms. The molecule has 2 heterocycles. The number of aryl methyl sites for hydroxylation is 1. The van der Waals surface area contributed by atoms with Gasteiger partial charge in [-0.25, -0.2) is 0 Å². The Morgan fingerprint density at radius 2 is 2.17 bits per heavy atom. The summed E-state index contributed by atoms with van der Waals surface area (Å²) in [7, 11) is 3.14. The predicted molar refractivity (Wildman–Crippen MR) is 86.8 cm³/mol. The molecule has 2 aromatic rings. The molecule has 0 radical (unpaired) electrons. The molecule has 0 unspecified atom stereocenters. The highest BCUT2D eigenvalue weighted by atomic mass is 16.5. The van der Waals surface area contributed by atoms with Crippen molar-refractivity contribution < 1.29 is 14.2 Å². The summed E-state index contributed by atoms with van der Waals surface area (Å²) in [5.74, 6) is 1.15. The van der Waals surface area contributed by atoms with Crippen molar-refractivity contribution >= 4 is 0 Å². The molecule has 0 aliphatic carbocycles. The van der Waals surface area contributed by atoms with Crippen molar-refractivity contribution in [1.29, 1.82) is 5.26 Å². The number of nitrogens with two attached hydrogens (primary N) is 1. The van der Waals surface area contributed by atoms with E-state index in [1.54, 1.807) is 20.3 Å². The molecule has 1 aromatic carbocycles. The van der Waals surface area contributed by atoms with Crippen LogP contribution in [-0.2, 0) is 6.42 Å². The number of hydrogen-bond acceptors (Lipinski definition) is 6. The molecular weight excluding hydrogens is 308 g/mol. The van der Waals surface area contributed by atoms with Crippen LogP contribution >= 0.6 is 0 Å². The Bertz CT molecular complexity index is 848. The van der Waals surface area contributed by atoms with Gasteiger partial charge in [-0.2, -0.15) is 5.26 Å². The molecule has 3 N–H and O–H groups in total. The highest BCUT2D eigenvalue weighted by Crippen LogP contribution is 2.47. The third-order valence-corrected chi connectivity index (χ3v) is 4.12. The number of rotatable bonds is 4. The van der Waals surface area contributed by atoms with Crippen LogP contribution in [0.4, 0.5) is 0 Å². The highest BCUT2D eigenvalue weighted by Gasteiger charge is 2.36. The largest absolute Gasteiger partial charge is 0.493 e. The Morgan fingerprint density at radius 1 is 1.38 bits per heavy atom. The maximum Gasteiger partial charge on any atom is 0.244 e. The van der Waals surface area contributed by atoms with E-state index in [0.717, 1.165) is 16.8 Å². The van der Waals surface area contributed by atoms with Gasteiger partial charge in [-0.1, -0.05) is 19.1 Å². The monoisotopic (exact) mass is 326 g/mol. The zero-order chi connectivity index (χ0) is 17.3. The van der Waals surface area contributed by atoms with Crippen molar-refractivity contribution in [2.24, 2.45) is 5.73 Å². The molecular formula is C17H18N4O3. The lowest BCUT2D eigenvalue weighted by Gasteiger charge is -2.25. The maximum absolute atomic E-state index is 9.64. The van der Waals surface area contributed by atoms with Crippen molar-refractivity contribution in [2.75, 3.05) is 14.2 Å². The second kappa shape index (κ2) is 6.16.